The van der Waals surface area contributed by atoms with Crippen LogP contribution in [0.2, 0.25) is 0 Å². The molecule has 1 aromatic rings. The van der Waals surface area contributed by atoms with Gasteiger partial charge in [0.15, 0.2) is 0 Å². The third kappa shape index (κ3) is 3.08. The van der Waals surface area contributed by atoms with Crippen molar-refractivity contribution in [2.45, 2.75) is 50.6 Å². The standard InChI is InChI=1S/C15H20N2/c1-12(13-7-3-2-4-8-13)15(11-16)17-14-9-5-6-10-14/h2-4,7-8,12,14-15,17H,5-6,9-10H2,1H3. The van der Waals surface area contributed by atoms with Crippen LogP contribution in [-0.4, -0.2) is 12.1 Å². The summed E-state index contributed by atoms with van der Waals surface area (Å²) in [6, 6.07) is 13.2. The topological polar surface area (TPSA) is 35.8 Å². The summed E-state index contributed by atoms with van der Waals surface area (Å²) in [5, 5.41) is 12.8. The van der Waals surface area contributed by atoms with Crippen LogP contribution in [0.25, 0.3) is 0 Å². The highest BCUT2D eigenvalue weighted by Crippen LogP contribution is 2.23. The first-order valence-electron chi connectivity index (χ1n) is 6.52. The first-order valence-corrected chi connectivity index (χ1v) is 6.52. The molecule has 2 heteroatoms. The van der Waals surface area contributed by atoms with Gasteiger partial charge in [-0.3, -0.25) is 5.32 Å². The van der Waals surface area contributed by atoms with E-state index in [2.05, 4.69) is 30.4 Å². The third-order valence-corrected chi connectivity index (χ3v) is 3.73. The zero-order chi connectivity index (χ0) is 12.1. The van der Waals surface area contributed by atoms with E-state index in [0.29, 0.717) is 6.04 Å². The van der Waals surface area contributed by atoms with Gasteiger partial charge in [-0.1, -0.05) is 50.1 Å². The normalized spacial score (nSPS) is 19.8. The summed E-state index contributed by atoms with van der Waals surface area (Å²) in [7, 11) is 0. The maximum Gasteiger partial charge on any atom is 0.102 e. The van der Waals surface area contributed by atoms with Crippen LogP contribution < -0.4 is 5.32 Å². The van der Waals surface area contributed by atoms with E-state index in [9.17, 15) is 5.26 Å². The minimum Gasteiger partial charge on any atom is -0.299 e. The van der Waals surface area contributed by atoms with E-state index in [1.54, 1.807) is 0 Å². The summed E-state index contributed by atoms with van der Waals surface area (Å²) >= 11 is 0. The maximum atomic E-state index is 9.31. The lowest BCUT2D eigenvalue weighted by Crippen LogP contribution is -2.39. The number of hydrogen-bond acceptors (Lipinski definition) is 2. The Bertz CT molecular complexity index is 374. The molecule has 0 bridgehead atoms. The van der Waals surface area contributed by atoms with Gasteiger partial charge >= 0.3 is 0 Å². The van der Waals surface area contributed by atoms with E-state index in [4.69, 9.17) is 0 Å². The Morgan fingerprint density at radius 2 is 1.88 bits per heavy atom. The fraction of sp³-hybridized carbons (Fsp3) is 0.533. The molecule has 0 radical (unpaired) electrons. The molecule has 0 heterocycles. The van der Waals surface area contributed by atoms with Crippen molar-refractivity contribution in [1.29, 1.82) is 5.26 Å². The molecule has 1 aromatic carbocycles. The molecule has 1 saturated carbocycles. The Morgan fingerprint density at radius 3 is 2.47 bits per heavy atom. The van der Waals surface area contributed by atoms with Crippen LogP contribution in [0.3, 0.4) is 0 Å². The van der Waals surface area contributed by atoms with E-state index < -0.39 is 0 Å². The number of nitrogens with zero attached hydrogens (tertiary/aromatic N) is 1. The molecule has 0 aliphatic heterocycles. The molecule has 2 rings (SSSR count). The second-order valence-electron chi connectivity index (χ2n) is 4.95. The van der Waals surface area contributed by atoms with Gasteiger partial charge in [-0.25, -0.2) is 0 Å². The molecular weight excluding hydrogens is 208 g/mol. The quantitative estimate of drug-likeness (QED) is 0.859. The van der Waals surface area contributed by atoms with Gasteiger partial charge in [-0.15, -0.1) is 0 Å². The monoisotopic (exact) mass is 228 g/mol. The smallest absolute Gasteiger partial charge is 0.102 e. The zero-order valence-corrected chi connectivity index (χ0v) is 10.4. The molecule has 2 unspecified atom stereocenters. The van der Waals surface area contributed by atoms with Crippen molar-refractivity contribution in [3.05, 3.63) is 35.9 Å². The molecule has 90 valence electrons. The molecule has 0 aromatic heterocycles. The molecule has 2 nitrogen and oxygen atoms in total. The van der Waals surface area contributed by atoms with Crippen molar-refractivity contribution in [2.75, 3.05) is 0 Å². The van der Waals surface area contributed by atoms with E-state index in [1.165, 1.54) is 31.2 Å². The largest absolute Gasteiger partial charge is 0.299 e. The van der Waals surface area contributed by atoms with Crippen molar-refractivity contribution in [3.8, 4) is 6.07 Å². The highest BCUT2D eigenvalue weighted by Gasteiger charge is 2.23. The second-order valence-corrected chi connectivity index (χ2v) is 4.95. The van der Waals surface area contributed by atoms with E-state index in [1.807, 2.05) is 18.2 Å². The van der Waals surface area contributed by atoms with Crippen molar-refractivity contribution in [3.63, 3.8) is 0 Å². The predicted octanol–water partition coefficient (Wildman–Crippen LogP) is 3.21. The Hall–Kier alpha value is -1.33. The highest BCUT2D eigenvalue weighted by atomic mass is 15.0. The maximum absolute atomic E-state index is 9.31. The fourth-order valence-corrected chi connectivity index (χ4v) is 2.59. The number of rotatable bonds is 4. The van der Waals surface area contributed by atoms with Crippen LogP contribution in [0.1, 0.15) is 44.1 Å². The molecule has 0 spiro atoms. The molecular formula is C15H20N2. The Kier molecular flexibility index (Phi) is 4.17. The van der Waals surface area contributed by atoms with Gasteiger partial charge in [0.25, 0.3) is 0 Å². The molecule has 1 aliphatic carbocycles. The lowest BCUT2D eigenvalue weighted by molar-refractivity contribution is 0.445. The average Bonchev–Trinajstić information content (AvgIpc) is 2.89. The van der Waals surface area contributed by atoms with Crippen LogP contribution in [0, 0.1) is 11.3 Å². The molecule has 1 fully saturated rings. The SMILES string of the molecule is CC(c1ccccc1)C(C#N)NC1CCCC1. The van der Waals surface area contributed by atoms with Gasteiger partial charge in [0, 0.05) is 12.0 Å². The third-order valence-electron chi connectivity index (χ3n) is 3.73. The van der Waals surface area contributed by atoms with Crippen LogP contribution in [-0.2, 0) is 0 Å². The number of nitriles is 1. The predicted molar refractivity (Wildman–Crippen MR) is 69.6 cm³/mol. The number of hydrogen-bond donors (Lipinski definition) is 1. The van der Waals surface area contributed by atoms with Crippen molar-refractivity contribution >= 4 is 0 Å². The number of nitrogens with one attached hydrogen (secondary N) is 1. The molecule has 17 heavy (non-hydrogen) atoms. The summed E-state index contributed by atoms with van der Waals surface area (Å²) < 4.78 is 0. The van der Waals surface area contributed by atoms with Gasteiger partial charge in [-0.2, -0.15) is 5.26 Å². The summed E-state index contributed by atoms with van der Waals surface area (Å²) in [6.45, 7) is 2.13. The first kappa shape index (κ1) is 12.1. The Labute approximate surface area is 104 Å². The summed E-state index contributed by atoms with van der Waals surface area (Å²) in [5.41, 5.74) is 1.24. The van der Waals surface area contributed by atoms with Crippen molar-refractivity contribution in [2.24, 2.45) is 0 Å². The molecule has 0 amide bonds. The molecule has 1 N–H and O–H groups in total. The van der Waals surface area contributed by atoms with Crippen LogP contribution >= 0.6 is 0 Å². The minimum absolute atomic E-state index is 0.0690. The minimum atomic E-state index is -0.0690. The van der Waals surface area contributed by atoms with Gasteiger partial charge in [-0.05, 0) is 18.4 Å². The summed E-state index contributed by atoms with van der Waals surface area (Å²) in [4.78, 5) is 0. The highest BCUT2D eigenvalue weighted by molar-refractivity contribution is 5.23. The lowest BCUT2D eigenvalue weighted by atomic mass is 9.93. The molecule has 0 saturated heterocycles. The average molecular weight is 228 g/mol. The van der Waals surface area contributed by atoms with Crippen LogP contribution in [0.15, 0.2) is 30.3 Å². The van der Waals surface area contributed by atoms with E-state index in [-0.39, 0.29) is 12.0 Å². The zero-order valence-electron chi connectivity index (χ0n) is 10.4. The second kappa shape index (κ2) is 5.84. The Morgan fingerprint density at radius 1 is 1.24 bits per heavy atom. The van der Waals surface area contributed by atoms with E-state index >= 15 is 0 Å². The summed E-state index contributed by atoms with van der Waals surface area (Å²) in [5.74, 6) is 0.252. The van der Waals surface area contributed by atoms with Crippen LogP contribution in [0.5, 0.6) is 0 Å². The first-order chi connectivity index (χ1) is 8.31. The van der Waals surface area contributed by atoms with Crippen molar-refractivity contribution in [1.82, 2.24) is 5.32 Å². The summed E-state index contributed by atoms with van der Waals surface area (Å²) in [6.07, 6.45) is 5.05. The van der Waals surface area contributed by atoms with Crippen LogP contribution in [0.4, 0.5) is 0 Å². The van der Waals surface area contributed by atoms with Gasteiger partial charge in [0.05, 0.1) is 6.07 Å². The molecule has 1 aliphatic rings. The van der Waals surface area contributed by atoms with Gasteiger partial charge < -0.3 is 0 Å². The van der Waals surface area contributed by atoms with Gasteiger partial charge in [0.2, 0.25) is 0 Å². The fourth-order valence-electron chi connectivity index (χ4n) is 2.59. The van der Waals surface area contributed by atoms with E-state index in [0.717, 1.165) is 0 Å². The van der Waals surface area contributed by atoms with Crippen molar-refractivity contribution < 1.29 is 0 Å². The Balaban J connectivity index is 2.00. The number of benzene rings is 1. The van der Waals surface area contributed by atoms with Gasteiger partial charge in [0.1, 0.15) is 6.04 Å². The molecule has 2 atom stereocenters. The lowest BCUT2D eigenvalue weighted by Gasteiger charge is -2.23.